The van der Waals surface area contributed by atoms with Gasteiger partial charge in [-0.05, 0) is 24.1 Å². The Balaban J connectivity index is 2.03. The molecule has 5 nitrogen and oxygen atoms in total. The summed E-state index contributed by atoms with van der Waals surface area (Å²) in [4.78, 5) is 6.94. The first kappa shape index (κ1) is 18.0. The number of morpholine rings is 1. The Kier molecular flexibility index (Phi) is 7.65. The van der Waals surface area contributed by atoms with Crippen molar-refractivity contribution in [2.24, 2.45) is 10.7 Å². The van der Waals surface area contributed by atoms with Crippen LogP contribution in [0.2, 0.25) is 5.02 Å². The summed E-state index contributed by atoms with van der Waals surface area (Å²) in [6.45, 7) is 7.00. The lowest BCUT2D eigenvalue weighted by Crippen LogP contribution is -2.41. The molecule has 128 valence electrons. The fourth-order valence-electron chi connectivity index (χ4n) is 2.64. The van der Waals surface area contributed by atoms with Crippen molar-refractivity contribution in [1.82, 2.24) is 10.2 Å². The third kappa shape index (κ3) is 6.01. The third-order valence-electron chi connectivity index (χ3n) is 4.01. The molecule has 1 atom stereocenters. The van der Waals surface area contributed by atoms with Gasteiger partial charge in [0.2, 0.25) is 0 Å². The summed E-state index contributed by atoms with van der Waals surface area (Å²) in [7, 11) is 0. The van der Waals surface area contributed by atoms with Crippen LogP contribution in [-0.4, -0.2) is 50.3 Å². The van der Waals surface area contributed by atoms with Crippen LogP contribution in [0.25, 0.3) is 0 Å². The molecule has 0 radical (unpaired) electrons. The molecule has 3 N–H and O–H groups in total. The Morgan fingerprint density at radius 1 is 1.35 bits per heavy atom. The van der Waals surface area contributed by atoms with Gasteiger partial charge >= 0.3 is 0 Å². The lowest BCUT2D eigenvalue weighted by Gasteiger charge is -2.34. The number of hydrogen-bond acceptors (Lipinski definition) is 3. The lowest BCUT2D eigenvalue weighted by atomic mass is 10.0. The molecule has 0 aliphatic carbocycles. The summed E-state index contributed by atoms with van der Waals surface area (Å²) in [5, 5.41) is 3.91. The summed E-state index contributed by atoms with van der Waals surface area (Å²) >= 11 is 6.01. The zero-order chi connectivity index (χ0) is 16.5. The molecule has 6 heteroatoms. The van der Waals surface area contributed by atoms with Crippen LogP contribution in [0.4, 0.5) is 0 Å². The minimum Gasteiger partial charge on any atom is -0.379 e. The van der Waals surface area contributed by atoms with Crippen LogP contribution in [0.3, 0.4) is 0 Å². The van der Waals surface area contributed by atoms with Crippen molar-refractivity contribution in [1.29, 1.82) is 0 Å². The number of unbranched alkanes of at least 4 members (excludes halogenated alkanes) is 1. The van der Waals surface area contributed by atoms with Gasteiger partial charge in [0.25, 0.3) is 0 Å². The minimum atomic E-state index is 0.197. The predicted molar refractivity (Wildman–Crippen MR) is 96.0 cm³/mol. The highest BCUT2D eigenvalue weighted by atomic mass is 35.5. The monoisotopic (exact) mass is 338 g/mol. The van der Waals surface area contributed by atoms with Gasteiger partial charge in [-0.25, -0.2) is 0 Å². The van der Waals surface area contributed by atoms with Crippen molar-refractivity contribution in [2.75, 3.05) is 39.4 Å². The van der Waals surface area contributed by atoms with Gasteiger partial charge in [-0.15, -0.1) is 0 Å². The van der Waals surface area contributed by atoms with Crippen LogP contribution in [0.15, 0.2) is 29.3 Å². The molecular weight excluding hydrogens is 312 g/mol. The van der Waals surface area contributed by atoms with E-state index in [-0.39, 0.29) is 6.04 Å². The second kappa shape index (κ2) is 9.75. The standard InChI is InChI=1S/C17H27ClN4O/c1-2-3-8-20-17(19)21-13-16(22-9-11-23-12-10-22)14-4-6-15(18)7-5-14/h4-7,16H,2-3,8-13H2,1H3,(H3,19,20,21). The van der Waals surface area contributed by atoms with Gasteiger partial charge in [-0.2, -0.15) is 0 Å². The van der Waals surface area contributed by atoms with Gasteiger partial charge in [0.05, 0.1) is 25.8 Å². The molecule has 0 amide bonds. The van der Waals surface area contributed by atoms with Crippen molar-refractivity contribution in [3.8, 4) is 0 Å². The number of hydrogen-bond donors (Lipinski definition) is 2. The highest BCUT2D eigenvalue weighted by molar-refractivity contribution is 6.30. The summed E-state index contributed by atoms with van der Waals surface area (Å²) in [6, 6.07) is 8.19. The van der Waals surface area contributed by atoms with Gasteiger partial charge in [0, 0.05) is 24.7 Å². The number of ether oxygens (including phenoxy) is 1. The summed E-state index contributed by atoms with van der Waals surface area (Å²) in [5.41, 5.74) is 7.18. The fourth-order valence-corrected chi connectivity index (χ4v) is 2.77. The average molecular weight is 339 g/mol. The molecule has 0 spiro atoms. The van der Waals surface area contributed by atoms with E-state index in [9.17, 15) is 0 Å². The van der Waals surface area contributed by atoms with E-state index < -0.39 is 0 Å². The Morgan fingerprint density at radius 3 is 2.70 bits per heavy atom. The second-order valence-electron chi connectivity index (χ2n) is 5.72. The Hall–Kier alpha value is -1.30. The molecule has 0 saturated carbocycles. The zero-order valence-electron chi connectivity index (χ0n) is 13.8. The number of rotatable bonds is 7. The molecule has 23 heavy (non-hydrogen) atoms. The first-order valence-corrected chi connectivity index (χ1v) is 8.69. The van der Waals surface area contributed by atoms with Gasteiger partial charge in [0.1, 0.15) is 0 Å². The van der Waals surface area contributed by atoms with Gasteiger partial charge < -0.3 is 15.8 Å². The lowest BCUT2D eigenvalue weighted by molar-refractivity contribution is 0.0180. The normalized spacial score (nSPS) is 17.9. The summed E-state index contributed by atoms with van der Waals surface area (Å²) < 4.78 is 5.46. The van der Waals surface area contributed by atoms with Crippen LogP contribution in [0.5, 0.6) is 0 Å². The maximum absolute atomic E-state index is 6.01. The van der Waals surface area contributed by atoms with Gasteiger partial charge in [-0.3, -0.25) is 9.89 Å². The van der Waals surface area contributed by atoms with Crippen molar-refractivity contribution in [2.45, 2.75) is 25.8 Å². The molecule has 1 aliphatic heterocycles. The van der Waals surface area contributed by atoms with Crippen molar-refractivity contribution >= 4 is 17.6 Å². The van der Waals surface area contributed by atoms with E-state index in [4.69, 9.17) is 22.1 Å². The molecule has 0 bridgehead atoms. The quantitative estimate of drug-likeness (QED) is 0.455. The van der Waals surface area contributed by atoms with Gasteiger partial charge in [-0.1, -0.05) is 37.1 Å². The largest absolute Gasteiger partial charge is 0.379 e. The number of aliphatic imine (C=N–C) groups is 1. The average Bonchev–Trinajstić information content (AvgIpc) is 2.58. The topological polar surface area (TPSA) is 62.9 Å². The van der Waals surface area contributed by atoms with E-state index in [1.807, 2.05) is 12.1 Å². The molecule has 1 heterocycles. The fraction of sp³-hybridized carbons (Fsp3) is 0.588. The molecular formula is C17H27ClN4O. The molecule has 1 unspecified atom stereocenters. The SMILES string of the molecule is CCCCNC(N)=NCC(c1ccc(Cl)cc1)N1CCOCC1. The van der Waals surface area contributed by atoms with Crippen LogP contribution < -0.4 is 11.1 Å². The maximum atomic E-state index is 6.01. The third-order valence-corrected chi connectivity index (χ3v) is 4.26. The molecule has 1 aromatic rings. The second-order valence-corrected chi connectivity index (χ2v) is 6.16. The maximum Gasteiger partial charge on any atom is 0.188 e. The molecule has 0 aromatic heterocycles. The first-order chi connectivity index (χ1) is 11.2. The Morgan fingerprint density at radius 2 is 2.04 bits per heavy atom. The van der Waals surface area contributed by atoms with Crippen LogP contribution in [0.1, 0.15) is 31.4 Å². The minimum absolute atomic E-state index is 0.197. The van der Waals surface area contributed by atoms with E-state index in [1.54, 1.807) is 0 Å². The molecule has 1 aliphatic rings. The van der Waals surface area contributed by atoms with Crippen molar-refractivity contribution < 1.29 is 4.74 Å². The molecule has 2 rings (SSSR count). The Labute approximate surface area is 143 Å². The first-order valence-electron chi connectivity index (χ1n) is 8.31. The summed E-state index contributed by atoms with van der Waals surface area (Å²) in [5.74, 6) is 0.519. The molecule has 1 aromatic carbocycles. The van der Waals surface area contributed by atoms with E-state index in [0.717, 1.165) is 50.7 Å². The van der Waals surface area contributed by atoms with Gasteiger partial charge in [0.15, 0.2) is 5.96 Å². The predicted octanol–water partition coefficient (Wildman–Crippen LogP) is 2.42. The number of guanidine groups is 1. The highest BCUT2D eigenvalue weighted by Crippen LogP contribution is 2.23. The van der Waals surface area contributed by atoms with Crippen LogP contribution >= 0.6 is 11.6 Å². The van der Waals surface area contributed by atoms with Crippen molar-refractivity contribution in [3.63, 3.8) is 0 Å². The highest BCUT2D eigenvalue weighted by Gasteiger charge is 2.22. The van der Waals surface area contributed by atoms with Crippen molar-refractivity contribution in [3.05, 3.63) is 34.9 Å². The van der Waals surface area contributed by atoms with E-state index in [0.29, 0.717) is 12.5 Å². The number of nitrogens with one attached hydrogen (secondary N) is 1. The van der Waals surface area contributed by atoms with E-state index >= 15 is 0 Å². The smallest absolute Gasteiger partial charge is 0.188 e. The number of halogens is 1. The zero-order valence-corrected chi connectivity index (χ0v) is 14.6. The number of nitrogens with two attached hydrogens (primary N) is 1. The molecule has 1 fully saturated rings. The summed E-state index contributed by atoms with van der Waals surface area (Å²) in [6.07, 6.45) is 2.24. The molecule has 1 saturated heterocycles. The Bertz CT molecular complexity index is 486. The van der Waals surface area contributed by atoms with Crippen LogP contribution in [-0.2, 0) is 4.74 Å². The number of nitrogens with zero attached hydrogens (tertiary/aromatic N) is 2. The number of benzene rings is 1. The van der Waals surface area contributed by atoms with Crippen LogP contribution in [0, 0.1) is 0 Å². The van der Waals surface area contributed by atoms with E-state index in [2.05, 4.69) is 34.3 Å². The van der Waals surface area contributed by atoms with E-state index in [1.165, 1.54) is 5.56 Å².